The minimum atomic E-state index is -0.796. The lowest BCUT2D eigenvalue weighted by molar-refractivity contribution is 0.559. The fourth-order valence-electron chi connectivity index (χ4n) is 1.63. The van der Waals surface area contributed by atoms with Gasteiger partial charge in [0.1, 0.15) is 17.5 Å². The van der Waals surface area contributed by atoms with Crippen LogP contribution in [-0.2, 0) is 6.54 Å². The molecule has 2 aromatic carbocycles. The van der Waals surface area contributed by atoms with Gasteiger partial charge in [0.2, 0.25) is 0 Å². The van der Waals surface area contributed by atoms with Crippen molar-refractivity contribution in [2.75, 3.05) is 5.32 Å². The zero-order valence-electron chi connectivity index (χ0n) is 10.1. The quantitative estimate of drug-likeness (QED) is 0.901. The van der Waals surface area contributed by atoms with Crippen LogP contribution in [0.4, 0.5) is 18.9 Å². The molecule has 1 N–H and O–H groups in total. The maximum Gasteiger partial charge on any atom is 0.137 e. The van der Waals surface area contributed by atoms with Crippen molar-refractivity contribution in [1.82, 2.24) is 0 Å². The first kappa shape index (κ1) is 14.4. The van der Waals surface area contributed by atoms with Crippen LogP contribution < -0.4 is 5.32 Å². The molecule has 2 rings (SSSR count). The molecule has 0 fully saturated rings. The number of nitrogens with zero attached hydrogens (tertiary/aromatic N) is 1. The second kappa shape index (κ2) is 5.97. The van der Waals surface area contributed by atoms with Crippen molar-refractivity contribution in [3.63, 3.8) is 0 Å². The van der Waals surface area contributed by atoms with Crippen molar-refractivity contribution < 1.29 is 13.2 Å². The van der Waals surface area contributed by atoms with E-state index in [0.29, 0.717) is 5.69 Å². The fraction of sp³-hybridized carbons (Fsp3) is 0.0714. The zero-order valence-corrected chi connectivity index (χ0v) is 11.6. The van der Waals surface area contributed by atoms with Crippen molar-refractivity contribution in [2.24, 2.45) is 0 Å². The summed E-state index contributed by atoms with van der Waals surface area (Å²) in [5, 5.41) is 11.4. The number of benzene rings is 2. The van der Waals surface area contributed by atoms with E-state index in [1.54, 1.807) is 6.07 Å². The van der Waals surface area contributed by atoms with Gasteiger partial charge in [-0.15, -0.1) is 0 Å². The van der Waals surface area contributed by atoms with E-state index in [2.05, 4.69) is 21.2 Å². The number of nitriles is 1. The Bertz CT molecular complexity index is 672. The summed E-state index contributed by atoms with van der Waals surface area (Å²) in [7, 11) is 0. The molecule has 0 aliphatic heterocycles. The molecule has 102 valence electrons. The van der Waals surface area contributed by atoms with E-state index < -0.39 is 17.5 Å². The van der Waals surface area contributed by atoms with Gasteiger partial charge < -0.3 is 5.32 Å². The van der Waals surface area contributed by atoms with Gasteiger partial charge in [-0.3, -0.25) is 0 Å². The van der Waals surface area contributed by atoms with Gasteiger partial charge in [-0.1, -0.05) is 0 Å². The van der Waals surface area contributed by atoms with Gasteiger partial charge in [0.15, 0.2) is 0 Å². The molecule has 2 nitrogen and oxygen atoms in total. The molecule has 2 aromatic rings. The fourth-order valence-corrected chi connectivity index (χ4v) is 2.01. The monoisotopic (exact) mass is 340 g/mol. The molecule has 0 atom stereocenters. The summed E-state index contributed by atoms with van der Waals surface area (Å²) < 4.78 is 40.6. The third-order valence-electron chi connectivity index (χ3n) is 2.66. The summed E-state index contributed by atoms with van der Waals surface area (Å²) in [5.74, 6) is -2.02. The summed E-state index contributed by atoms with van der Waals surface area (Å²) in [5.41, 5.74) is 0.263. The third-order valence-corrected chi connectivity index (χ3v) is 3.27. The molecule has 0 amide bonds. The lowest BCUT2D eigenvalue weighted by Gasteiger charge is -2.09. The molecule has 0 radical (unpaired) electrons. The van der Waals surface area contributed by atoms with Crippen molar-refractivity contribution >= 4 is 21.6 Å². The molecule has 0 saturated heterocycles. The molecule has 0 saturated carbocycles. The topological polar surface area (TPSA) is 35.8 Å². The highest BCUT2D eigenvalue weighted by Gasteiger charge is 2.11. The van der Waals surface area contributed by atoms with Crippen molar-refractivity contribution in [3.8, 4) is 6.07 Å². The first-order chi connectivity index (χ1) is 9.51. The summed E-state index contributed by atoms with van der Waals surface area (Å²) in [6.45, 7) is -0.110. The first-order valence-electron chi connectivity index (χ1n) is 5.58. The van der Waals surface area contributed by atoms with E-state index >= 15 is 0 Å². The van der Waals surface area contributed by atoms with Crippen LogP contribution in [0.2, 0.25) is 0 Å². The summed E-state index contributed by atoms with van der Waals surface area (Å²) >= 11 is 3.02. The van der Waals surface area contributed by atoms with Gasteiger partial charge in [-0.05, 0) is 46.3 Å². The predicted octanol–water partition coefficient (Wildman–Crippen LogP) is 4.35. The zero-order chi connectivity index (χ0) is 14.7. The molecule has 0 bridgehead atoms. The van der Waals surface area contributed by atoms with Crippen LogP contribution >= 0.6 is 15.9 Å². The maximum absolute atomic E-state index is 13.6. The second-order valence-corrected chi connectivity index (χ2v) is 4.87. The first-order valence-corrected chi connectivity index (χ1v) is 6.37. The Morgan fingerprint density at radius 2 is 1.70 bits per heavy atom. The molecule has 0 aliphatic carbocycles. The lowest BCUT2D eigenvalue weighted by atomic mass is 10.1. The molecule has 0 unspecified atom stereocenters. The molecular formula is C14H8BrF3N2. The standard InChI is InChI=1S/C14H8BrF3N2/c15-11-5-9(1-2-12(11)16)20-7-10-13(17)3-8(6-19)4-14(10)18/h1-5,20H,7H2. The van der Waals surface area contributed by atoms with Crippen LogP contribution in [0.1, 0.15) is 11.1 Å². The molecule has 6 heteroatoms. The summed E-state index contributed by atoms with van der Waals surface area (Å²) in [4.78, 5) is 0. The van der Waals surface area contributed by atoms with Gasteiger partial charge in [0, 0.05) is 17.8 Å². The number of halogens is 4. The normalized spacial score (nSPS) is 10.2. The number of anilines is 1. The van der Waals surface area contributed by atoms with E-state index in [0.717, 1.165) is 12.1 Å². The molecular weight excluding hydrogens is 333 g/mol. The Balaban J connectivity index is 2.19. The summed E-state index contributed by atoms with van der Waals surface area (Å²) in [6, 6.07) is 7.78. The predicted molar refractivity (Wildman–Crippen MR) is 72.5 cm³/mol. The lowest BCUT2D eigenvalue weighted by Crippen LogP contribution is -2.05. The number of hydrogen-bond acceptors (Lipinski definition) is 2. The largest absolute Gasteiger partial charge is 0.381 e. The van der Waals surface area contributed by atoms with Gasteiger partial charge in [-0.2, -0.15) is 5.26 Å². The van der Waals surface area contributed by atoms with Gasteiger partial charge in [-0.25, -0.2) is 13.2 Å². The molecule has 0 aromatic heterocycles. The smallest absolute Gasteiger partial charge is 0.137 e. The van der Waals surface area contributed by atoms with Crippen LogP contribution in [0.15, 0.2) is 34.8 Å². The van der Waals surface area contributed by atoms with E-state index in [4.69, 9.17) is 5.26 Å². The van der Waals surface area contributed by atoms with Gasteiger partial charge >= 0.3 is 0 Å². The van der Waals surface area contributed by atoms with Crippen molar-refractivity contribution in [3.05, 3.63) is 63.4 Å². The van der Waals surface area contributed by atoms with Gasteiger partial charge in [0.25, 0.3) is 0 Å². The Hall–Kier alpha value is -2.00. The van der Waals surface area contributed by atoms with Crippen LogP contribution in [0.3, 0.4) is 0 Å². The van der Waals surface area contributed by atoms with Crippen LogP contribution in [-0.4, -0.2) is 0 Å². The average Bonchev–Trinajstić information content (AvgIpc) is 2.41. The van der Waals surface area contributed by atoms with Crippen LogP contribution in [0.5, 0.6) is 0 Å². The average molecular weight is 341 g/mol. The van der Waals surface area contributed by atoms with E-state index in [1.807, 2.05) is 0 Å². The Morgan fingerprint density at radius 3 is 2.25 bits per heavy atom. The minimum Gasteiger partial charge on any atom is -0.381 e. The van der Waals surface area contributed by atoms with E-state index in [-0.39, 0.29) is 22.1 Å². The Morgan fingerprint density at radius 1 is 1.05 bits per heavy atom. The maximum atomic E-state index is 13.6. The molecule has 0 heterocycles. The van der Waals surface area contributed by atoms with Crippen molar-refractivity contribution in [1.29, 1.82) is 5.26 Å². The minimum absolute atomic E-state index is 0.0757. The second-order valence-electron chi connectivity index (χ2n) is 4.01. The molecule has 0 aliphatic rings. The van der Waals surface area contributed by atoms with Crippen LogP contribution in [0, 0.1) is 28.8 Å². The number of rotatable bonds is 3. The SMILES string of the molecule is N#Cc1cc(F)c(CNc2ccc(F)c(Br)c2)c(F)c1. The van der Waals surface area contributed by atoms with E-state index in [9.17, 15) is 13.2 Å². The van der Waals surface area contributed by atoms with Crippen molar-refractivity contribution in [2.45, 2.75) is 6.54 Å². The highest BCUT2D eigenvalue weighted by atomic mass is 79.9. The number of hydrogen-bond donors (Lipinski definition) is 1. The van der Waals surface area contributed by atoms with E-state index in [1.165, 1.54) is 18.2 Å². The Kier molecular flexibility index (Phi) is 4.30. The Labute approximate surface area is 122 Å². The molecule has 0 spiro atoms. The highest BCUT2D eigenvalue weighted by molar-refractivity contribution is 9.10. The highest BCUT2D eigenvalue weighted by Crippen LogP contribution is 2.22. The number of nitrogens with one attached hydrogen (secondary N) is 1. The third kappa shape index (κ3) is 3.11. The summed E-state index contributed by atoms with van der Waals surface area (Å²) in [6.07, 6.45) is 0. The van der Waals surface area contributed by atoms with Crippen LogP contribution in [0.25, 0.3) is 0 Å². The molecule has 20 heavy (non-hydrogen) atoms. The van der Waals surface area contributed by atoms with Gasteiger partial charge in [0.05, 0.1) is 16.1 Å².